The van der Waals surface area contributed by atoms with E-state index in [-0.39, 0.29) is 18.4 Å². The number of carbonyl (C=O) groups is 1. The lowest BCUT2D eigenvalue weighted by molar-refractivity contribution is 0.157. The molecule has 3 nitrogen and oxygen atoms in total. The van der Waals surface area contributed by atoms with Crippen LogP contribution >= 0.6 is 12.4 Å². The number of hydrogen-bond donors (Lipinski definition) is 1. The van der Waals surface area contributed by atoms with Crippen molar-refractivity contribution in [3.05, 3.63) is 0 Å². The number of nitrogens with zero attached hydrogens (tertiary/aromatic N) is 1. The van der Waals surface area contributed by atoms with Crippen molar-refractivity contribution in [1.82, 2.24) is 4.90 Å². The SMILES string of the molecule is CCN(C(N)=O)C1CCC(C)CC1.Cl. The lowest BCUT2D eigenvalue weighted by Gasteiger charge is -2.34. The lowest BCUT2D eigenvalue weighted by atomic mass is 9.87. The molecule has 0 unspecified atom stereocenters. The fraction of sp³-hybridized carbons (Fsp3) is 0.900. The van der Waals surface area contributed by atoms with Gasteiger partial charge in [0.1, 0.15) is 0 Å². The molecule has 4 heteroatoms. The second-order valence-electron chi connectivity index (χ2n) is 4.04. The van der Waals surface area contributed by atoms with Crippen molar-refractivity contribution in [2.45, 2.75) is 45.6 Å². The predicted molar refractivity (Wildman–Crippen MR) is 60.6 cm³/mol. The average molecular weight is 221 g/mol. The zero-order valence-electron chi connectivity index (χ0n) is 9.03. The van der Waals surface area contributed by atoms with E-state index in [1.165, 1.54) is 12.8 Å². The molecule has 1 aliphatic carbocycles. The van der Waals surface area contributed by atoms with Gasteiger partial charge in [-0.3, -0.25) is 0 Å². The van der Waals surface area contributed by atoms with Gasteiger partial charge < -0.3 is 10.6 Å². The van der Waals surface area contributed by atoms with Gasteiger partial charge in [0.25, 0.3) is 0 Å². The third-order valence-corrected chi connectivity index (χ3v) is 3.05. The maximum absolute atomic E-state index is 11.1. The Morgan fingerprint density at radius 1 is 1.36 bits per heavy atom. The Morgan fingerprint density at radius 3 is 2.21 bits per heavy atom. The van der Waals surface area contributed by atoms with Gasteiger partial charge in [-0.05, 0) is 38.5 Å². The predicted octanol–water partition coefficient (Wildman–Crippen LogP) is 2.39. The number of hydrogen-bond acceptors (Lipinski definition) is 1. The standard InChI is InChI=1S/C10H20N2O.ClH/c1-3-12(10(11)13)9-6-4-8(2)5-7-9;/h8-9H,3-7H2,1-2H3,(H2,11,13);1H. The summed E-state index contributed by atoms with van der Waals surface area (Å²) < 4.78 is 0. The molecular weight excluding hydrogens is 200 g/mol. The van der Waals surface area contributed by atoms with Crippen molar-refractivity contribution >= 4 is 18.4 Å². The molecular formula is C10H21ClN2O. The Labute approximate surface area is 92.4 Å². The van der Waals surface area contributed by atoms with E-state index >= 15 is 0 Å². The largest absolute Gasteiger partial charge is 0.351 e. The van der Waals surface area contributed by atoms with Crippen molar-refractivity contribution < 1.29 is 4.79 Å². The molecule has 0 aromatic rings. The highest BCUT2D eigenvalue weighted by Gasteiger charge is 2.24. The topological polar surface area (TPSA) is 46.3 Å². The van der Waals surface area contributed by atoms with Crippen LogP contribution < -0.4 is 5.73 Å². The third kappa shape index (κ3) is 3.37. The highest BCUT2D eigenvalue weighted by Crippen LogP contribution is 2.26. The number of halogens is 1. The molecule has 2 N–H and O–H groups in total. The van der Waals surface area contributed by atoms with E-state index < -0.39 is 0 Å². The van der Waals surface area contributed by atoms with Crippen molar-refractivity contribution in [3.63, 3.8) is 0 Å². The van der Waals surface area contributed by atoms with Crippen LogP contribution in [-0.2, 0) is 0 Å². The monoisotopic (exact) mass is 220 g/mol. The van der Waals surface area contributed by atoms with Crippen molar-refractivity contribution in [1.29, 1.82) is 0 Å². The molecule has 0 aromatic carbocycles. The van der Waals surface area contributed by atoms with Crippen LogP contribution in [0.5, 0.6) is 0 Å². The maximum Gasteiger partial charge on any atom is 0.315 e. The molecule has 14 heavy (non-hydrogen) atoms. The van der Waals surface area contributed by atoms with Crippen LogP contribution in [0.25, 0.3) is 0 Å². The molecule has 0 radical (unpaired) electrons. The van der Waals surface area contributed by atoms with Gasteiger partial charge in [-0.2, -0.15) is 0 Å². The highest BCUT2D eigenvalue weighted by atomic mass is 35.5. The Morgan fingerprint density at radius 2 is 1.86 bits per heavy atom. The molecule has 0 saturated heterocycles. The summed E-state index contributed by atoms with van der Waals surface area (Å²) >= 11 is 0. The second kappa shape index (κ2) is 6.12. The summed E-state index contributed by atoms with van der Waals surface area (Å²) in [5.41, 5.74) is 5.30. The van der Waals surface area contributed by atoms with Gasteiger partial charge in [-0.1, -0.05) is 6.92 Å². The van der Waals surface area contributed by atoms with Gasteiger partial charge in [0.05, 0.1) is 0 Å². The first-order valence-electron chi connectivity index (χ1n) is 5.21. The van der Waals surface area contributed by atoms with Gasteiger partial charge in [-0.15, -0.1) is 12.4 Å². The molecule has 1 saturated carbocycles. The van der Waals surface area contributed by atoms with Gasteiger partial charge in [-0.25, -0.2) is 4.79 Å². The summed E-state index contributed by atoms with van der Waals surface area (Å²) in [5.74, 6) is 0.822. The van der Waals surface area contributed by atoms with Crippen LogP contribution in [0.2, 0.25) is 0 Å². The normalized spacial score (nSPS) is 26.4. The first-order chi connectivity index (χ1) is 6.15. The summed E-state index contributed by atoms with van der Waals surface area (Å²) in [6, 6.07) is 0.140. The molecule has 84 valence electrons. The van der Waals surface area contributed by atoms with E-state index in [1.54, 1.807) is 4.90 Å². The summed E-state index contributed by atoms with van der Waals surface area (Å²) in [6.07, 6.45) is 4.71. The minimum Gasteiger partial charge on any atom is -0.351 e. The van der Waals surface area contributed by atoms with Crippen LogP contribution in [-0.4, -0.2) is 23.5 Å². The van der Waals surface area contributed by atoms with E-state index in [4.69, 9.17) is 5.73 Å². The van der Waals surface area contributed by atoms with E-state index in [1.807, 2.05) is 6.92 Å². The minimum absolute atomic E-state index is 0. The van der Waals surface area contributed by atoms with Gasteiger partial charge >= 0.3 is 6.03 Å². The first-order valence-corrected chi connectivity index (χ1v) is 5.21. The fourth-order valence-electron chi connectivity index (χ4n) is 2.15. The van der Waals surface area contributed by atoms with E-state index in [0.29, 0.717) is 6.04 Å². The zero-order valence-corrected chi connectivity index (χ0v) is 9.85. The smallest absolute Gasteiger partial charge is 0.315 e. The molecule has 0 heterocycles. The number of primary amides is 1. The number of amides is 2. The van der Waals surface area contributed by atoms with Crippen LogP contribution in [0.4, 0.5) is 4.79 Å². The van der Waals surface area contributed by atoms with Crippen molar-refractivity contribution in [2.24, 2.45) is 11.7 Å². The minimum atomic E-state index is -0.262. The summed E-state index contributed by atoms with van der Waals surface area (Å²) in [4.78, 5) is 12.9. The summed E-state index contributed by atoms with van der Waals surface area (Å²) in [7, 11) is 0. The number of rotatable bonds is 2. The Bertz CT molecular complexity index is 179. The molecule has 0 aliphatic heterocycles. The quantitative estimate of drug-likeness (QED) is 0.763. The molecule has 0 bridgehead atoms. The fourth-order valence-corrected chi connectivity index (χ4v) is 2.15. The molecule has 0 aromatic heterocycles. The van der Waals surface area contributed by atoms with Crippen LogP contribution in [0, 0.1) is 5.92 Å². The maximum atomic E-state index is 11.1. The van der Waals surface area contributed by atoms with Crippen LogP contribution in [0.1, 0.15) is 39.5 Å². The second-order valence-corrected chi connectivity index (χ2v) is 4.04. The van der Waals surface area contributed by atoms with E-state index in [2.05, 4.69) is 6.92 Å². The molecule has 2 amide bonds. The van der Waals surface area contributed by atoms with Gasteiger partial charge in [0.15, 0.2) is 0 Å². The molecule has 0 atom stereocenters. The Balaban J connectivity index is 0.00000169. The molecule has 1 aliphatic rings. The number of nitrogens with two attached hydrogens (primary N) is 1. The molecule has 0 spiro atoms. The lowest BCUT2D eigenvalue weighted by Crippen LogP contribution is -2.44. The van der Waals surface area contributed by atoms with Crippen LogP contribution in [0.15, 0.2) is 0 Å². The first kappa shape index (κ1) is 13.6. The van der Waals surface area contributed by atoms with Crippen LogP contribution in [0.3, 0.4) is 0 Å². The zero-order chi connectivity index (χ0) is 9.84. The van der Waals surface area contributed by atoms with E-state index in [9.17, 15) is 4.79 Å². The summed E-state index contributed by atoms with van der Waals surface area (Å²) in [5, 5.41) is 0. The van der Waals surface area contributed by atoms with E-state index in [0.717, 1.165) is 25.3 Å². The average Bonchev–Trinajstić information content (AvgIpc) is 2.09. The number of carbonyl (C=O) groups excluding carboxylic acids is 1. The molecule has 1 fully saturated rings. The summed E-state index contributed by atoms with van der Waals surface area (Å²) in [6.45, 7) is 5.01. The van der Waals surface area contributed by atoms with Gasteiger partial charge in [0.2, 0.25) is 0 Å². The Kier molecular flexibility index (Phi) is 5.93. The highest BCUT2D eigenvalue weighted by molar-refractivity contribution is 5.85. The third-order valence-electron chi connectivity index (χ3n) is 3.05. The molecule has 1 rings (SSSR count). The van der Waals surface area contributed by atoms with Gasteiger partial charge in [0, 0.05) is 12.6 Å². The number of urea groups is 1. The van der Waals surface area contributed by atoms with Crippen molar-refractivity contribution in [2.75, 3.05) is 6.54 Å². The van der Waals surface area contributed by atoms with Crippen molar-refractivity contribution in [3.8, 4) is 0 Å². The Hall–Kier alpha value is -0.440.